The van der Waals surface area contributed by atoms with Crippen molar-refractivity contribution in [2.75, 3.05) is 17.2 Å². The predicted octanol–water partition coefficient (Wildman–Crippen LogP) is 3.36. The molecule has 2 aromatic rings. The van der Waals surface area contributed by atoms with Crippen LogP contribution in [0.15, 0.2) is 36.4 Å². The van der Waals surface area contributed by atoms with Crippen molar-refractivity contribution in [1.82, 2.24) is 10.2 Å². The number of para-hydroxylation sites is 1. The summed E-state index contributed by atoms with van der Waals surface area (Å²) < 4.78 is 0. The fourth-order valence-corrected chi connectivity index (χ4v) is 1.99. The van der Waals surface area contributed by atoms with E-state index in [0.29, 0.717) is 17.4 Å². The molecule has 0 aliphatic carbocycles. The summed E-state index contributed by atoms with van der Waals surface area (Å²) in [5, 5.41) is 14.1. The first-order chi connectivity index (χ1) is 10.6. The topological polar surface area (TPSA) is 66.9 Å². The highest BCUT2D eigenvalue weighted by atomic mass is 16.1. The quantitative estimate of drug-likeness (QED) is 0.858. The van der Waals surface area contributed by atoms with Gasteiger partial charge in [-0.3, -0.25) is 4.79 Å². The van der Waals surface area contributed by atoms with Crippen LogP contribution in [-0.4, -0.2) is 22.6 Å². The molecule has 5 heteroatoms. The van der Waals surface area contributed by atoms with E-state index in [2.05, 4.69) is 41.6 Å². The zero-order valence-electron chi connectivity index (χ0n) is 13.3. The fourth-order valence-electron chi connectivity index (χ4n) is 1.99. The number of aromatic nitrogens is 2. The number of hydrogen-bond donors (Lipinski definition) is 2. The Morgan fingerprint density at radius 2 is 1.91 bits per heavy atom. The lowest BCUT2D eigenvalue weighted by Crippen LogP contribution is -2.16. The summed E-state index contributed by atoms with van der Waals surface area (Å²) >= 11 is 0. The van der Waals surface area contributed by atoms with Gasteiger partial charge in [-0.15, -0.1) is 10.2 Å². The van der Waals surface area contributed by atoms with Crippen LogP contribution in [0.4, 0.5) is 11.5 Å². The Kier molecular flexibility index (Phi) is 5.47. The molecule has 0 bridgehead atoms. The number of carbonyl (C=O) groups excluding carboxylic acids is 1. The van der Waals surface area contributed by atoms with E-state index < -0.39 is 0 Å². The number of hydrogen-bond acceptors (Lipinski definition) is 4. The Morgan fingerprint density at radius 3 is 2.55 bits per heavy atom. The summed E-state index contributed by atoms with van der Waals surface area (Å²) in [4.78, 5) is 12.2. The van der Waals surface area contributed by atoms with Crippen molar-refractivity contribution in [1.29, 1.82) is 0 Å². The first kappa shape index (κ1) is 15.9. The molecule has 1 heterocycles. The highest BCUT2D eigenvalue weighted by Crippen LogP contribution is 2.16. The SMILES string of the molecule is CCc1ccccc1NC(=O)c1ccc(NCC(C)C)nn1. The molecule has 22 heavy (non-hydrogen) atoms. The molecule has 5 nitrogen and oxygen atoms in total. The first-order valence-corrected chi connectivity index (χ1v) is 7.57. The van der Waals surface area contributed by atoms with Crippen molar-refractivity contribution < 1.29 is 4.79 Å². The van der Waals surface area contributed by atoms with Crippen molar-refractivity contribution in [2.24, 2.45) is 5.92 Å². The molecule has 0 aliphatic rings. The Bertz CT molecular complexity index is 623. The molecule has 1 aromatic carbocycles. The van der Waals surface area contributed by atoms with Gasteiger partial charge in [0, 0.05) is 12.2 Å². The molecule has 1 amide bonds. The Morgan fingerprint density at radius 1 is 1.14 bits per heavy atom. The van der Waals surface area contributed by atoms with Gasteiger partial charge in [-0.2, -0.15) is 0 Å². The molecule has 1 aromatic heterocycles. The predicted molar refractivity (Wildman–Crippen MR) is 89.1 cm³/mol. The van der Waals surface area contributed by atoms with E-state index in [1.807, 2.05) is 24.3 Å². The summed E-state index contributed by atoms with van der Waals surface area (Å²) in [5.41, 5.74) is 2.22. The Labute approximate surface area is 131 Å². The van der Waals surface area contributed by atoms with E-state index in [1.54, 1.807) is 12.1 Å². The number of nitrogens with zero attached hydrogens (tertiary/aromatic N) is 2. The monoisotopic (exact) mass is 298 g/mol. The Balaban J connectivity index is 2.03. The molecule has 116 valence electrons. The average molecular weight is 298 g/mol. The van der Waals surface area contributed by atoms with E-state index >= 15 is 0 Å². The second kappa shape index (κ2) is 7.54. The molecule has 0 unspecified atom stereocenters. The molecule has 0 aliphatic heterocycles. The van der Waals surface area contributed by atoms with Gasteiger partial charge in [0.1, 0.15) is 5.82 Å². The van der Waals surface area contributed by atoms with Crippen molar-refractivity contribution in [2.45, 2.75) is 27.2 Å². The number of benzene rings is 1. The lowest BCUT2D eigenvalue weighted by molar-refractivity contribution is 0.102. The summed E-state index contributed by atoms with van der Waals surface area (Å²) in [5.74, 6) is 0.957. The maximum absolute atomic E-state index is 12.2. The second-order valence-corrected chi connectivity index (χ2v) is 5.54. The van der Waals surface area contributed by atoms with Crippen molar-refractivity contribution in [3.63, 3.8) is 0 Å². The van der Waals surface area contributed by atoms with Gasteiger partial charge in [-0.1, -0.05) is 39.0 Å². The standard InChI is InChI=1S/C17H22N4O/c1-4-13-7-5-6-8-14(13)19-17(22)15-9-10-16(21-20-15)18-11-12(2)3/h5-10,12H,4,11H2,1-3H3,(H,18,21)(H,19,22). The number of anilines is 2. The van der Waals surface area contributed by atoms with Gasteiger partial charge >= 0.3 is 0 Å². The Hall–Kier alpha value is -2.43. The molecule has 0 spiro atoms. The van der Waals surface area contributed by atoms with E-state index in [4.69, 9.17) is 0 Å². The largest absolute Gasteiger partial charge is 0.368 e. The first-order valence-electron chi connectivity index (χ1n) is 7.57. The zero-order valence-corrected chi connectivity index (χ0v) is 13.3. The third-order valence-electron chi connectivity index (χ3n) is 3.24. The molecular weight excluding hydrogens is 276 g/mol. The number of amides is 1. The molecule has 0 saturated heterocycles. The molecule has 2 N–H and O–H groups in total. The van der Waals surface area contributed by atoms with Gasteiger partial charge in [-0.05, 0) is 36.1 Å². The van der Waals surface area contributed by atoms with Gasteiger partial charge in [0.15, 0.2) is 5.69 Å². The van der Waals surface area contributed by atoms with E-state index in [9.17, 15) is 4.79 Å². The van der Waals surface area contributed by atoms with Gasteiger partial charge < -0.3 is 10.6 Å². The lowest BCUT2D eigenvalue weighted by Gasteiger charge is -2.10. The minimum atomic E-state index is -0.246. The second-order valence-electron chi connectivity index (χ2n) is 5.54. The maximum atomic E-state index is 12.2. The number of nitrogens with one attached hydrogen (secondary N) is 2. The zero-order chi connectivity index (χ0) is 15.9. The fraction of sp³-hybridized carbons (Fsp3) is 0.353. The lowest BCUT2D eigenvalue weighted by atomic mass is 10.1. The highest BCUT2D eigenvalue weighted by molar-refractivity contribution is 6.03. The van der Waals surface area contributed by atoms with Gasteiger partial charge in [0.05, 0.1) is 0 Å². The summed E-state index contributed by atoms with van der Waals surface area (Å²) in [7, 11) is 0. The number of carbonyl (C=O) groups is 1. The maximum Gasteiger partial charge on any atom is 0.276 e. The third-order valence-corrected chi connectivity index (χ3v) is 3.24. The number of aryl methyl sites for hydroxylation is 1. The van der Waals surface area contributed by atoms with E-state index in [0.717, 1.165) is 24.2 Å². The molecule has 0 radical (unpaired) electrons. The molecule has 0 fully saturated rings. The molecule has 0 saturated carbocycles. The smallest absolute Gasteiger partial charge is 0.276 e. The third kappa shape index (κ3) is 4.28. The summed E-state index contributed by atoms with van der Waals surface area (Å²) in [6.07, 6.45) is 0.861. The molecular formula is C17H22N4O. The van der Waals surface area contributed by atoms with Gasteiger partial charge in [0.25, 0.3) is 5.91 Å². The van der Waals surface area contributed by atoms with Crippen molar-refractivity contribution in [3.8, 4) is 0 Å². The summed E-state index contributed by atoms with van der Waals surface area (Å²) in [6.45, 7) is 7.12. The van der Waals surface area contributed by atoms with Crippen LogP contribution in [0, 0.1) is 5.92 Å². The van der Waals surface area contributed by atoms with Crippen LogP contribution in [0.3, 0.4) is 0 Å². The van der Waals surface area contributed by atoms with Crippen LogP contribution in [0.2, 0.25) is 0 Å². The average Bonchev–Trinajstić information content (AvgIpc) is 2.54. The minimum Gasteiger partial charge on any atom is -0.368 e. The van der Waals surface area contributed by atoms with Crippen molar-refractivity contribution >= 4 is 17.4 Å². The van der Waals surface area contributed by atoms with Crippen LogP contribution in [0.25, 0.3) is 0 Å². The van der Waals surface area contributed by atoms with Crippen LogP contribution < -0.4 is 10.6 Å². The van der Waals surface area contributed by atoms with Gasteiger partial charge in [-0.25, -0.2) is 0 Å². The summed E-state index contributed by atoms with van der Waals surface area (Å²) in [6, 6.07) is 11.2. The minimum absolute atomic E-state index is 0.246. The van der Waals surface area contributed by atoms with E-state index in [1.165, 1.54) is 0 Å². The van der Waals surface area contributed by atoms with Gasteiger partial charge in [0.2, 0.25) is 0 Å². The normalized spacial score (nSPS) is 10.5. The molecule has 0 atom stereocenters. The van der Waals surface area contributed by atoms with E-state index in [-0.39, 0.29) is 5.91 Å². The van der Waals surface area contributed by atoms with Crippen LogP contribution in [0.5, 0.6) is 0 Å². The number of rotatable bonds is 6. The van der Waals surface area contributed by atoms with Crippen LogP contribution in [0.1, 0.15) is 36.8 Å². The molecule has 2 rings (SSSR count). The van der Waals surface area contributed by atoms with Crippen LogP contribution >= 0.6 is 0 Å². The van der Waals surface area contributed by atoms with Crippen LogP contribution in [-0.2, 0) is 6.42 Å². The highest BCUT2D eigenvalue weighted by Gasteiger charge is 2.10. The van der Waals surface area contributed by atoms with Crippen molar-refractivity contribution in [3.05, 3.63) is 47.7 Å².